The molecule has 0 unspecified atom stereocenters. The van der Waals surface area contributed by atoms with Gasteiger partial charge in [-0.3, -0.25) is 4.99 Å². The fraction of sp³-hybridized carbons (Fsp3) is 0.615. The van der Waals surface area contributed by atoms with Crippen molar-refractivity contribution in [1.29, 1.82) is 0 Å². The smallest absolute Gasteiger partial charge is 0.191 e. The van der Waals surface area contributed by atoms with E-state index in [0.717, 1.165) is 18.9 Å². The molecule has 0 amide bonds. The van der Waals surface area contributed by atoms with E-state index in [1.165, 1.54) is 30.6 Å². The molecule has 2 N–H and O–H groups in total. The van der Waals surface area contributed by atoms with E-state index in [-0.39, 0.29) is 0 Å². The molecule has 94 valence electrons. The summed E-state index contributed by atoms with van der Waals surface area (Å²) in [6, 6.07) is 4.91. The topological polar surface area (TPSA) is 36.4 Å². The predicted molar refractivity (Wildman–Crippen MR) is 74.8 cm³/mol. The predicted octanol–water partition coefficient (Wildman–Crippen LogP) is 2.40. The number of rotatable bonds is 4. The van der Waals surface area contributed by atoms with Crippen molar-refractivity contribution in [1.82, 2.24) is 10.6 Å². The molecule has 1 saturated carbocycles. The van der Waals surface area contributed by atoms with E-state index in [0.29, 0.717) is 6.04 Å². The van der Waals surface area contributed by atoms with Gasteiger partial charge in [0.2, 0.25) is 0 Å². The Labute approximate surface area is 107 Å². The molecule has 1 aromatic rings. The van der Waals surface area contributed by atoms with E-state index in [2.05, 4.69) is 33.1 Å². The first-order chi connectivity index (χ1) is 8.38. The minimum atomic E-state index is 0.628. The summed E-state index contributed by atoms with van der Waals surface area (Å²) in [6.45, 7) is 0.951. The van der Waals surface area contributed by atoms with Crippen LogP contribution in [-0.4, -0.2) is 25.6 Å². The fourth-order valence-electron chi connectivity index (χ4n) is 2.22. The Hall–Kier alpha value is -1.03. The summed E-state index contributed by atoms with van der Waals surface area (Å²) in [5.41, 5.74) is 0. The molecule has 1 aliphatic rings. The number of guanidine groups is 1. The highest BCUT2D eigenvalue weighted by Crippen LogP contribution is 2.17. The van der Waals surface area contributed by atoms with Crippen LogP contribution < -0.4 is 10.6 Å². The first-order valence-electron chi connectivity index (χ1n) is 6.38. The third-order valence-corrected chi connectivity index (χ3v) is 4.10. The SMILES string of the molecule is CN=C(NCCc1cccs1)NC1CCCC1. The minimum absolute atomic E-state index is 0.628. The van der Waals surface area contributed by atoms with Crippen molar-refractivity contribution >= 4 is 17.3 Å². The fourth-order valence-corrected chi connectivity index (χ4v) is 2.93. The zero-order valence-electron chi connectivity index (χ0n) is 10.4. The lowest BCUT2D eigenvalue weighted by Crippen LogP contribution is -2.42. The number of nitrogens with one attached hydrogen (secondary N) is 2. The van der Waals surface area contributed by atoms with Crippen LogP contribution in [0, 0.1) is 0 Å². The average Bonchev–Trinajstić information content (AvgIpc) is 3.00. The van der Waals surface area contributed by atoms with Crippen LogP contribution in [0.1, 0.15) is 30.6 Å². The Bertz CT molecular complexity index is 340. The number of nitrogens with zero attached hydrogens (tertiary/aromatic N) is 1. The maximum atomic E-state index is 4.27. The molecule has 1 aromatic heterocycles. The van der Waals surface area contributed by atoms with Crippen molar-refractivity contribution in [3.63, 3.8) is 0 Å². The van der Waals surface area contributed by atoms with Gasteiger partial charge in [0.25, 0.3) is 0 Å². The maximum absolute atomic E-state index is 4.27. The van der Waals surface area contributed by atoms with Crippen molar-refractivity contribution in [2.45, 2.75) is 38.1 Å². The molecule has 2 rings (SSSR count). The van der Waals surface area contributed by atoms with Crippen LogP contribution in [0.15, 0.2) is 22.5 Å². The van der Waals surface area contributed by atoms with Crippen molar-refractivity contribution in [2.75, 3.05) is 13.6 Å². The Morgan fingerprint density at radius 3 is 2.94 bits per heavy atom. The van der Waals surface area contributed by atoms with Crippen LogP contribution in [0.5, 0.6) is 0 Å². The Morgan fingerprint density at radius 1 is 1.47 bits per heavy atom. The number of hydrogen-bond donors (Lipinski definition) is 2. The van der Waals surface area contributed by atoms with Gasteiger partial charge in [-0.15, -0.1) is 11.3 Å². The van der Waals surface area contributed by atoms with Gasteiger partial charge in [0.15, 0.2) is 5.96 Å². The van der Waals surface area contributed by atoms with E-state index in [1.807, 2.05) is 18.4 Å². The van der Waals surface area contributed by atoms with Crippen LogP contribution in [0.25, 0.3) is 0 Å². The lowest BCUT2D eigenvalue weighted by Gasteiger charge is -2.16. The summed E-state index contributed by atoms with van der Waals surface area (Å²) in [5, 5.41) is 8.99. The summed E-state index contributed by atoms with van der Waals surface area (Å²) in [5.74, 6) is 0.952. The van der Waals surface area contributed by atoms with Crippen molar-refractivity contribution in [3.8, 4) is 0 Å². The van der Waals surface area contributed by atoms with Gasteiger partial charge in [-0.2, -0.15) is 0 Å². The van der Waals surface area contributed by atoms with Gasteiger partial charge in [0.1, 0.15) is 0 Å². The molecule has 0 radical (unpaired) electrons. The highest BCUT2D eigenvalue weighted by molar-refractivity contribution is 7.09. The Balaban J connectivity index is 1.68. The molecule has 1 aliphatic carbocycles. The van der Waals surface area contributed by atoms with Gasteiger partial charge in [-0.25, -0.2) is 0 Å². The zero-order valence-corrected chi connectivity index (χ0v) is 11.2. The van der Waals surface area contributed by atoms with Crippen LogP contribution in [0.3, 0.4) is 0 Å². The minimum Gasteiger partial charge on any atom is -0.356 e. The largest absolute Gasteiger partial charge is 0.356 e. The highest BCUT2D eigenvalue weighted by atomic mass is 32.1. The highest BCUT2D eigenvalue weighted by Gasteiger charge is 2.15. The standard InChI is InChI=1S/C13H21N3S/c1-14-13(16-11-5-2-3-6-11)15-9-8-12-7-4-10-17-12/h4,7,10-11H,2-3,5-6,8-9H2,1H3,(H2,14,15,16). The first kappa shape index (κ1) is 12.4. The molecular formula is C13H21N3S. The molecular weight excluding hydrogens is 230 g/mol. The molecule has 1 fully saturated rings. The molecule has 0 spiro atoms. The second kappa shape index (κ2) is 6.64. The van der Waals surface area contributed by atoms with Crippen molar-refractivity contribution in [3.05, 3.63) is 22.4 Å². The molecule has 3 nitrogen and oxygen atoms in total. The van der Waals surface area contributed by atoms with E-state index in [4.69, 9.17) is 0 Å². The van der Waals surface area contributed by atoms with Crippen molar-refractivity contribution in [2.24, 2.45) is 4.99 Å². The molecule has 17 heavy (non-hydrogen) atoms. The third kappa shape index (κ3) is 4.04. The van der Waals surface area contributed by atoms with Gasteiger partial charge in [0, 0.05) is 24.5 Å². The van der Waals surface area contributed by atoms with Crippen molar-refractivity contribution < 1.29 is 0 Å². The number of thiophene rings is 1. The molecule has 0 aromatic carbocycles. The lowest BCUT2D eigenvalue weighted by atomic mass is 10.2. The monoisotopic (exact) mass is 251 g/mol. The molecule has 0 bridgehead atoms. The van der Waals surface area contributed by atoms with Crippen LogP contribution >= 0.6 is 11.3 Å². The molecule has 0 aliphatic heterocycles. The van der Waals surface area contributed by atoms with Crippen LogP contribution in [-0.2, 0) is 6.42 Å². The molecule has 0 saturated heterocycles. The number of hydrogen-bond acceptors (Lipinski definition) is 2. The lowest BCUT2D eigenvalue weighted by molar-refractivity contribution is 0.614. The second-order valence-corrected chi connectivity index (χ2v) is 5.49. The number of aliphatic imine (C=N–C) groups is 1. The van der Waals surface area contributed by atoms with Gasteiger partial charge < -0.3 is 10.6 Å². The second-order valence-electron chi connectivity index (χ2n) is 4.45. The summed E-state index contributed by atoms with van der Waals surface area (Å²) >= 11 is 1.81. The summed E-state index contributed by atoms with van der Waals surface area (Å²) in [6.07, 6.45) is 6.34. The van der Waals surface area contributed by atoms with E-state index in [1.54, 1.807) is 0 Å². The molecule has 4 heteroatoms. The quantitative estimate of drug-likeness (QED) is 0.637. The summed E-state index contributed by atoms with van der Waals surface area (Å²) < 4.78 is 0. The normalized spacial score (nSPS) is 17.4. The van der Waals surface area contributed by atoms with Crippen LogP contribution in [0.2, 0.25) is 0 Å². The van der Waals surface area contributed by atoms with Gasteiger partial charge in [-0.1, -0.05) is 18.9 Å². The zero-order chi connectivity index (χ0) is 11.9. The van der Waals surface area contributed by atoms with E-state index < -0.39 is 0 Å². The third-order valence-electron chi connectivity index (χ3n) is 3.16. The molecule has 1 heterocycles. The van der Waals surface area contributed by atoms with E-state index >= 15 is 0 Å². The van der Waals surface area contributed by atoms with E-state index in [9.17, 15) is 0 Å². The van der Waals surface area contributed by atoms with Gasteiger partial charge in [0.05, 0.1) is 0 Å². The molecule has 0 atom stereocenters. The summed E-state index contributed by atoms with van der Waals surface area (Å²) in [7, 11) is 1.84. The van der Waals surface area contributed by atoms with Gasteiger partial charge >= 0.3 is 0 Å². The van der Waals surface area contributed by atoms with Gasteiger partial charge in [-0.05, 0) is 30.7 Å². The first-order valence-corrected chi connectivity index (χ1v) is 7.26. The van der Waals surface area contributed by atoms with Crippen LogP contribution in [0.4, 0.5) is 0 Å². The summed E-state index contributed by atoms with van der Waals surface area (Å²) in [4.78, 5) is 5.69. The Morgan fingerprint density at radius 2 is 2.29 bits per heavy atom. The average molecular weight is 251 g/mol. The Kier molecular flexibility index (Phi) is 4.86. The maximum Gasteiger partial charge on any atom is 0.191 e.